The average Bonchev–Trinajstić information content (AvgIpc) is 3.54. The van der Waals surface area contributed by atoms with Crippen molar-refractivity contribution in [3.05, 3.63) is 24.2 Å². The van der Waals surface area contributed by atoms with Crippen LogP contribution in [0.5, 0.6) is 0 Å². The predicted molar refractivity (Wildman–Crippen MR) is 105 cm³/mol. The van der Waals surface area contributed by atoms with E-state index in [0.717, 1.165) is 37.3 Å². The third kappa shape index (κ3) is 4.63. The van der Waals surface area contributed by atoms with Gasteiger partial charge in [-0.25, -0.2) is 15.0 Å². The van der Waals surface area contributed by atoms with E-state index in [1.165, 1.54) is 0 Å². The van der Waals surface area contributed by atoms with Crippen molar-refractivity contribution in [2.75, 3.05) is 48.4 Å². The van der Waals surface area contributed by atoms with Gasteiger partial charge in [0.2, 0.25) is 17.8 Å². The summed E-state index contributed by atoms with van der Waals surface area (Å²) in [4.78, 5) is 30.9. The molecule has 0 spiro atoms. The number of primary amides is 1. The van der Waals surface area contributed by atoms with Gasteiger partial charge in [-0.3, -0.25) is 4.79 Å². The Morgan fingerprint density at radius 3 is 2.61 bits per heavy atom. The summed E-state index contributed by atoms with van der Waals surface area (Å²) in [5.74, 6) is 2.03. The summed E-state index contributed by atoms with van der Waals surface area (Å²) in [6.45, 7) is 3.41. The molecular weight excluding hydrogens is 360 g/mol. The molecule has 148 valence electrons. The number of aromatic nitrogens is 4. The smallest absolute Gasteiger partial charge is 0.229 e. The highest BCUT2D eigenvalue weighted by molar-refractivity contribution is 5.74. The number of hydrogen-bond donors (Lipinski definition) is 3. The topological polar surface area (TPSA) is 131 Å². The lowest BCUT2D eigenvalue weighted by molar-refractivity contribution is -0.117. The molecule has 0 radical (unpaired) electrons. The highest BCUT2D eigenvalue weighted by Gasteiger charge is 2.27. The minimum Gasteiger partial charge on any atom is -0.378 e. The normalized spacial score (nSPS) is 16.6. The monoisotopic (exact) mass is 384 g/mol. The Kier molecular flexibility index (Phi) is 5.47. The molecule has 1 aliphatic carbocycles. The molecule has 2 aromatic heterocycles. The molecule has 2 fully saturated rings. The van der Waals surface area contributed by atoms with Gasteiger partial charge in [-0.1, -0.05) is 0 Å². The molecule has 1 amide bonds. The lowest BCUT2D eigenvalue weighted by Crippen LogP contribution is -2.37. The molecule has 1 saturated heterocycles. The Morgan fingerprint density at radius 1 is 1.18 bits per heavy atom. The van der Waals surface area contributed by atoms with E-state index >= 15 is 0 Å². The van der Waals surface area contributed by atoms with E-state index in [0.29, 0.717) is 43.3 Å². The molecule has 3 heterocycles. The van der Waals surface area contributed by atoms with Crippen molar-refractivity contribution >= 4 is 29.3 Å². The fraction of sp³-hybridized carbons (Fsp3) is 0.500. The van der Waals surface area contributed by atoms with E-state index in [9.17, 15) is 4.79 Å². The maximum atomic E-state index is 11.0. The lowest BCUT2D eigenvalue weighted by Gasteiger charge is -2.26. The van der Waals surface area contributed by atoms with Crippen molar-refractivity contribution in [3.63, 3.8) is 0 Å². The van der Waals surface area contributed by atoms with Gasteiger partial charge < -0.3 is 26.0 Å². The third-order valence-electron chi connectivity index (χ3n) is 4.69. The molecule has 2 aromatic rings. The van der Waals surface area contributed by atoms with Gasteiger partial charge in [0, 0.05) is 37.8 Å². The minimum atomic E-state index is -0.342. The fourth-order valence-electron chi connectivity index (χ4n) is 3.03. The van der Waals surface area contributed by atoms with Crippen LogP contribution in [0.3, 0.4) is 0 Å². The van der Waals surface area contributed by atoms with Crippen molar-refractivity contribution < 1.29 is 9.53 Å². The SMILES string of the molecule is NC(=O)CCNc1nc(Nc2cnc(N3CCOCC3)nc2)ncc1C1CC1. The number of carbonyl (C=O) groups is 1. The molecule has 4 rings (SSSR count). The number of nitrogens with zero attached hydrogens (tertiary/aromatic N) is 5. The minimum absolute atomic E-state index is 0.258. The summed E-state index contributed by atoms with van der Waals surface area (Å²) in [5.41, 5.74) is 7.00. The Bertz CT molecular complexity index is 819. The highest BCUT2D eigenvalue weighted by atomic mass is 16.5. The summed E-state index contributed by atoms with van der Waals surface area (Å²) in [5, 5.41) is 6.34. The largest absolute Gasteiger partial charge is 0.378 e. The number of anilines is 4. The van der Waals surface area contributed by atoms with Crippen LogP contribution in [-0.2, 0) is 9.53 Å². The lowest BCUT2D eigenvalue weighted by atomic mass is 10.2. The summed E-state index contributed by atoms with van der Waals surface area (Å²) in [6.07, 6.45) is 7.80. The molecular formula is C18H24N8O2. The number of morpholine rings is 1. The first-order chi connectivity index (χ1) is 13.7. The molecule has 2 aliphatic rings. The number of rotatable bonds is 8. The van der Waals surface area contributed by atoms with Gasteiger partial charge in [0.25, 0.3) is 0 Å². The molecule has 10 nitrogen and oxygen atoms in total. The fourth-order valence-corrected chi connectivity index (χ4v) is 3.03. The molecule has 0 unspecified atom stereocenters. The van der Waals surface area contributed by atoms with E-state index in [1.807, 2.05) is 6.20 Å². The summed E-state index contributed by atoms with van der Waals surface area (Å²) in [7, 11) is 0. The number of nitrogens with one attached hydrogen (secondary N) is 2. The molecule has 10 heteroatoms. The van der Waals surface area contributed by atoms with Crippen LogP contribution in [-0.4, -0.2) is 58.7 Å². The van der Waals surface area contributed by atoms with Gasteiger partial charge in [-0.05, 0) is 18.8 Å². The zero-order valence-electron chi connectivity index (χ0n) is 15.6. The predicted octanol–water partition coefficient (Wildman–Crippen LogP) is 1.01. The van der Waals surface area contributed by atoms with Crippen LogP contribution in [0.1, 0.15) is 30.7 Å². The van der Waals surface area contributed by atoms with E-state index < -0.39 is 0 Å². The first-order valence-electron chi connectivity index (χ1n) is 9.50. The number of hydrogen-bond acceptors (Lipinski definition) is 9. The zero-order chi connectivity index (χ0) is 19.3. The van der Waals surface area contributed by atoms with E-state index in [1.54, 1.807) is 12.4 Å². The maximum absolute atomic E-state index is 11.0. The van der Waals surface area contributed by atoms with E-state index in [4.69, 9.17) is 10.5 Å². The Labute approximate surface area is 162 Å². The van der Waals surface area contributed by atoms with Gasteiger partial charge in [0.1, 0.15) is 5.82 Å². The molecule has 0 aromatic carbocycles. The van der Waals surface area contributed by atoms with Crippen LogP contribution in [0, 0.1) is 0 Å². The van der Waals surface area contributed by atoms with Crippen LogP contribution >= 0.6 is 0 Å². The second kappa shape index (κ2) is 8.34. The van der Waals surface area contributed by atoms with Crippen molar-refractivity contribution in [3.8, 4) is 0 Å². The second-order valence-corrected chi connectivity index (χ2v) is 6.91. The Morgan fingerprint density at radius 2 is 1.93 bits per heavy atom. The second-order valence-electron chi connectivity index (χ2n) is 6.91. The molecule has 0 bridgehead atoms. The number of amides is 1. The number of carbonyl (C=O) groups excluding carboxylic acids is 1. The molecule has 4 N–H and O–H groups in total. The molecule has 1 aliphatic heterocycles. The summed E-state index contributed by atoms with van der Waals surface area (Å²) in [6, 6.07) is 0. The van der Waals surface area contributed by atoms with E-state index in [-0.39, 0.29) is 12.3 Å². The van der Waals surface area contributed by atoms with Gasteiger partial charge in [0.05, 0.1) is 31.3 Å². The standard InChI is InChI=1S/C18H24N8O2/c19-15(27)3-4-20-16-14(12-1-2-12)11-21-17(25-16)24-13-9-22-18(23-10-13)26-5-7-28-8-6-26/h9-12H,1-8H2,(H2,19,27)(H2,20,21,24,25). The van der Waals surface area contributed by atoms with Crippen molar-refractivity contribution in [2.24, 2.45) is 5.73 Å². The molecule has 28 heavy (non-hydrogen) atoms. The summed E-state index contributed by atoms with van der Waals surface area (Å²) >= 11 is 0. The highest BCUT2D eigenvalue weighted by Crippen LogP contribution is 2.42. The first kappa shape index (κ1) is 18.4. The Balaban J connectivity index is 1.44. The van der Waals surface area contributed by atoms with Crippen LogP contribution in [0.4, 0.5) is 23.4 Å². The van der Waals surface area contributed by atoms with Gasteiger partial charge in [-0.2, -0.15) is 4.98 Å². The van der Waals surface area contributed by atoms with Gasteiger partial charge in [0.15, 0.2) is 0 Å². The molecule has 1 saturated carbocycles. The first-order valence-corrected chi connectivity index (χ1v) is 9.50. The van der Waals surface area contributed by atoms with Crippen LogP contribution in [0.25, 0.3) is 0 Å². The van der Waals surface area contributed by atoms with E-state index in [2.05, 4.69) is 35.5 Å². The number of nitrogens with two attached hydrogens (primary N) is 1. The van der Waals surface area contributed by atoms with Crippen LogP contribution in [0.15, 0.2) is 18.6 Å². The molecule has 0 atom stereocenters. The maximum Gasteiger partial charge on any atom is 0.229 e. The van der Waals surface area contributed by atoms with Crippen LogP contribution < -0.4 is 21.3 Å². The quantitative estimate of drug-likeness (QED) is 0.610. The van der Waals surface area contributed by atoms with Crippen molar-refractivity contribution in [1.29, 1.82) is 0 Å². The van der Waals surface area contributed by atoms with Crippen molar-refractivity contribution in [1.82, 2.24) is 19.9 Å². The summed E-state index contributed by atoms with van der Waals surface area (Å²) < 4.78 is 5.35. The van der Waals surface area contributed by atoms with Gasteiger partial charge >= 0.3 is 0 Å². The number of ether oxygens (including phenoxy) is 1. The zero-order valence-corrected chi connectivity index (χ0v) is 15.6. The van der Waals surface area contributed by atoms with Crippen molar-refractivity contribution in [2.45, 2.75) is 25.2 Å². The Hall–Kier alpha value is -3.01. The third-order valence-corrected chi connectivity index (χ3v) is 4.69. The average molecular weight is 384 g/mol. The van der Waals surface area contributed by atoms with Crippen LogP contribution in [0.2, 0.25) is 0 Å². The van der Waals surface area contributed by atoms with Gasteiger partial charge in [-0.15, -0.1) is 0 Å².